The van der Waals surface area contributed by atoms with Gasteiger partial charge in [0.25, 0.3) is 0 Å². The predicted octanol–water partition coefficient (Wildman–Crippen LogP) is 3.77. The van der Waals surface area contributed by atoms with Crippen LogP contribution in [0.1, 0.15) is 43.9 Å². The minimum atomic E-state index is 0.320. The van der Waals surface area contributed by atoms with E-state index in [0.29, 0.717) is 11.3 Å². The van der Waals surface area contributed by atoms with Gasteiger partial charge in [0.1, 0.15) is 5.76 Å². The average Bonchev–Trinajstić information content (AvgIpc) is 2.85. The van der Waals surface area contributed by atoms with E-state index in [1.807, 2.05) is 19.2 Å². The van der Waals surface area contributed by atoms with Crippen LogP contribution in [0.4, 0.5) is 0 Å². The second kappa shape index (κ2) is 5.04. The summed E-state index contributed by atoms with van der Waals surface area (Å²) in [5, 5.41) is 3.79. The van der Waals surface area contributed by atoms with Crippen LogP contribution < -0.4 is 5.32 Å². The Bertz CT molecular complexity index is 304. The van der Waals surface area contributed by atoms with Gasteiger partial charge in [0.15, 0.2) is 5.22 Å². The highest BCUT2D eigenvalue weighted by Crippen LogP contribution is 2.33. The summed E-state index contributed by atoms with van der Waals surface area (Å²) >= 11 is 5.78. The monoisotopic (exact) mass is 227 g/mol. The molecule has 0 saturated heterocycles. The Labute approximate surface area is 96.0 Å². The van der Waals surface area contributed by atoms with Gasteiger partial charge in [-0.2, -0.15) is 0 Å². The van der Waals surface area contributed by atoms with Crippen LogP contribution in [0.25, 0.3) is 0 Å². The summed E-state index contributed by atoms with van der Waals surface area (Å²) in [5.74, 6) is 1.82. The second-order valence-electron chi connectivity index (χ2n) is 4.37. The lowest BCUT2D eigenvalue weighted by Crippen LogP contribution is -2.18. The highest BCUT2D eigenvalue weighted by Gasteiger charge is 2.22. The largest absolute Gasteiger partial charge is 0.448 e. The molecule has 0 aromatic carbocycles. The van der Waals surface area contributed by atoms with Crippen molar-refractivity contribution in [3.05, 3.63) is 23.1 Å². The van der Waals surface area contributed by atoms with Crippen molar-refractivity contribution in [2.75, 3.05) is 7.05 Å². The molecule has 1 heterocycles. The molecule has 84 valence electrons. The molecule has 1 aromatic rings. The Morgan fingerprint density at radius 3 is 2.73 bits per heavy atom. The van der Waals surface area contributed by atoms with Gasteiger partial charge in [0.05, 0.1) is 6.04 Å². The van der Waals surface area contributed by atoms with Gasteiger partial charge >= 0.3 is 0 Å². The third-order valence-electron chi connectivity index (χ3n) is 3.33. The van der Waals surface area contributed by atoms with E-state index in [9.17, 15) is 0 Å². The van der Waals surface area contributed by atoms with Crippen LogP contribution >= 0.6 is 11.6 Å². The van der Waals surface area contributed by atoms with E-state index in [1.54, 1.807) is 0 Å². The van der Waals surface area contributed by atoms with E-state index in [2.05, 4.69) is 5.32 Å². The maximum Gasteiger partial charge on any atom is 0.193 e. The quantitative estimate of drug-likeness (QED) is 0.847. The number of rotatable bonds is 4. The van der Waals surface area contributed by atoms with E-state index in [0.717, 1.165) is 11.7 Å². The molecule has 0 spiro atoms. The van der Waals surface area contributed by atoms with Crippen molar-refractivity contribution in [1.82, 2.24) is 5.32 Å². The summed E-state index contributed by atoms with van der Waals surface area (Å²) in [7, 11) is 1.98. The molecule has 1 unspecified atom stereocenters. The topological polar surface area (TPSA) is 25.2 Å². The molecule has 2 rings (SSSR count). The molecule has 0 amide bonds. The Kier molecular flexibility index (Phi) is 3.71. The van der Waals surface area contributed by atoms with Crippen LogP contribution in [0.5, 0.6) is 0 Å². The summed E-state index contributed by atoms with van der Waals surface area (Å²) in [4.78, 5) is 0. The van der Waals surface area contributed by atoms with Gasteiger partial charge < -0.3 is 9.73 Å². The van der Waals surface area contributed by atoms with Crippen molar-refractivity contribution >= 4 is 11.6 Å². The maximum atomic E-state index is 5.78. The summed E-state index contributed by atoms with van der Waals surface area (Å²) < 4.78 is 5.45. The van der Waals surface area contributed by atoms with Crippen LogP contribution in [-0.2, 0) is 0 Å². The Morgan fingerprint density at radius 2 is 2.20 bits per heavy atom. The van der Waals surface area contributed by atoms with Crippen molar-refractivity contribution in [1.29, 1.82) is 0 Å². The van der Waals surface area contributed by atoms with Crippen LogP contribution in [0, 0.1) is 5.92 Å². The summed E-state index contributed by atoms with van der Waals surface area (Å²) in [6.07, 6.45) is 6.68. The fourth-order valence-corrected chi connectivity index (χ4v) is 2.62. The van der Waals surface area contributed by atoms with Gasteiger partial charge in [-0.25, -0.2) is 0 Å². The van der Waals surface area contributed by atoms with Crippen molar-refractivity contribution in [2.24, 2.45) is 5.92 Å². The molecule has 15 heavy (non-hydrogen) atoms. The van der Waals surface area contributed by atoms with Gasteiger partial charge in [-0.3, -0.25) is 0 Å². The average molecular weight is 228 g/mol. The van der Waals surface area contributed by atoms with Crippen LogP contribution in [-0.4, -0.2) is 7.05 Å². The number of nitrogens with one attached hydrogen (secondary N) is 1. The highest BCUT2D eigenvalue weighted by molar-refractivity contribution is 6.28. The molecule has 0 aliphatic heterocycles. The minimum absolute atomic E-state index is 0.320. The highest BCUT2D eigenvalue weighted by atomic mass is 35.5. The molecule has 1 aliphatic rings. The SMILES string of the molecule is CNC(CC1CCCC1)c1ccc(Cl)o1. The van der Waals surface area contributed by atoms with E-state index >= 15 is 0 Å². The fourth-order valence-electron chi connectivity index (χ4n) is 2.47. The van der Waals surface area contributed by atoms with E-state index in [4.69, 9.17) is 16.0 Å². The molecular formula is C12H18ClNO. The maximum absolute atomic E-state index is 5.78. The first-order valence-electron chi connectivity index (χ1n) is 5.72. The Morgan fingerprint density at radius 1 is 1.47 bits per heavy atom. The lowest BCUT2D eigenvalue weighted by atomic mass is 9.97. The number of halogens is 1. The number of hydrogen-bond acceptors (Lipinski definition) is 2. The molecule has 1 saturated carbocycles. The Balaban J connectivity index is 1.97. The molecular weight excluding hydrogens is 210 g/mol. The Hall–Kier alpha value is -0.470. The zero-order valence-electron chi connectivity index (χ0n) is 9.13. The third kappa shape index (κ3) is 2.76. The van der Waals surface area contributed by atoms with E-state index in [-0.39, 0.29) is 0 Å². The molecule has 1 N–H and O–H groups in total. The molecule has 0 radical (unpaired) electrons. The lowest BCUT2D eigenvalue weighted by Gasteiger charge is -2.17. The number of hydrogen-bond donors (Lipinski definition) is 1. The zero-order valence-corrected chi connectivity index (χ0v) is 9.89. The van der Waals surface area contributed by atoms with Crippen molar-refractivity contribution in [3.8, 4) is 0 Å². The van der Waals surface area contributed by atoms with Crippen LogP contribution in [0.3, 0.4) is 0 Å². The fraction of sp³-hybridized carbons (Fsp3) is 0.667. The first-order chi connectivity index (χ1) is 7.29. The van der Waals surface area contributed by atoms with E-state index < -0.39 is 0 Å². The standard InChI is InChI=1S/C12H18ClNO/c1-14-10(8-9-4-2-3-5-9)11-6-7-12(13)15-11/h6-7,9-10,14H,2-5,8H2,1H3. The molecule has 1 atom stereocenters. The minimum Gasteiger partial charge on any atom is -0.448 e. The first-order valence-corrected chi connectivity index (χ1v) is 6.10. The lowest BCUT2D eigenvalue weighted by molar-refractivity contribution is 0.357. The van der Waals surface area contributed by atoms with Gasteiger partial charge in [0, 0.05) is 0 Å². The summed E-state index contributed by atoms with van der Waals surface area (Å²) in [6, 6.07) is 4.11. The van der Waals surface area contributed by atoms with Crippen molar-refractivity contribution in [2.45, 2.75) is 38.1 Å². The van der Waals surface area contributed by atoms with Crippen LogP contribution in [0.2, 0.25) is 5.22 Å². The normalized spacial score (nSPS) is 19.6. The van der Waals surface area contributed by atoms with Gasteiger partial charge in [-0.1, -0.05) is 25.7 Å². The molecule has 2 nitrogen and oxygen atoms in total. The molecule has 1 aliphatic carbocycles. The van der Waals surface area contributed by atoms with Crippen molar-refractivity contribution in [3.63, 3.8) is 0 Å². The summed E-state index contributed by atoms with van der Waals surface area (Å²) in [5.41, 5.74) is 0. The smallest absolute Gasteiger partial charge is 0.193 e. The second-order valence-corrected chi connectivity index (χ2v) is 4.74. The predicted molar refractivity (Wildman–Crippen MR) is 62.1 cm³/mol. The molecule has 1 fully saturated rings. The van der Waals surface area contributed by atoms with Crippen LogP contribution in [0.15, 0.2) is 16.5 Å². The van der Waals surface area contributed by atoms with Gasteiger partial charge in [-0.15, -0.1) is 0 Å². The molecule has 0 bridgehead atoms. The zero-order chi connectivity index (χ0) is 10.7. The molecule has 3 heteroatoms. The number of furan rings is 1. The summed E-state index contributed by atoms with van der Waals surface area (Å²) in [6.45, 7) is 0. The van der Waals surface area contributed by atoms with Crippen molar-refractivity contribution < 1.29 is 4.42 Å². The molecule has 1 aromatic heterocycles. The third-order valence-corrected chi connectivity index (χ3v) is 3.53. The van der Waals surface area contributed by atoms with E-state index in [1.165, 1.54) is 32.1 Å². The van der Waals surface area contributed by atoms with Gasteiger partial charge in [-0.05, 0) is 43.1 Å². The first kappa shape index (κ1) is 11.0. The van der Waals surface area contributed by atoms with Gasteiger partial charge in [0.2, 0.25) is 0 Å².